The highest BCUT2D eigenvalue weighted by atomic mass is 35.5. The number of methoxy groups -OCH3 is 1. The summed E-state index contributed by atoms with van der Waals surface area (Å²) < 4.78 is 11.1. The first-order chi connectivity index (χ1) is 12.2. The van der Waals surface area contributed by atoms with Crippen LogP contribution in [0.5, 0.6) is 11.5 Å². The van der Waals surface area contributed by atoms with E-state index < -0.39 is 6.10 Å². The maximum absolute atomic E-state index is 12.6. The van der Waals surface area contributed by atoms with Crippen molar-refractivity contribution in [3.05, 3.63) is 53.1 Å². The van der Waals surface area contributed by atoms with E-state index >= 15 is 0 Å². The summed E-state index contributed by atoms with van der Waals surface area (Å²) in [5.41, 5.74) is 1.81. The third kappa shape index (κ3) is 5.15. The smallest absolute Gasteiger partial charge is 0.265 e. The predicted octanol–water partition coefficient (Wildman–Crippen LogP) is 5.44. The van der Waals surface area contributed by atoms with Gasteiger partial charge in [0.15, 0.2) is 6.10 Å². The number of benzene rings is 2. The molecule has 2 aromatic carbocycles. The number of anilines is 1. The van der Waals surface area contributed by atoms with Crippen LogP contribution in [0.3, 0.4) is 0 Å². The van der Waals surface area contributed by atoms with E-state index in [2.05, 4.69) is 26.1 Å². The lowest BCUT2D eigenvalue weighted by molar-refractivity contribution is -0.122. The summed E-state index contributed by atoms with van der Waals surface area (Å²) in [6.07, 6.45) is -0.0744. The number of halogens is 1. The zero-order chi connectivity index (χ0) is 19.3. The minimum Gasteiger partial charge on any atom is -0.495 e. The van der Waals surface area contributed by atoms with Crippen molar-refractivity contribution in [1.29, 1.82) is 0 Å². The Balaban J connectivity index is 2.11. The van der Waals surface area contributed by atoms with E-state index in [-0.39, 0.29) is 11.3 Å². The fourth-order valence-corrected chi connectivity index (χ4v) is 2.68. The van der Waals surface area contributed by atoms with Crippen molar-refractivity contribution in [3.63, 3.8) is 0 Å². The van der Waals surface area contributed by atoms with E-state index in [1.54, 1.807) is 25.3 Å². The van der Waals surface area contributed by atoms with Gasteiger partial charge in [-0.2, -0.15) is 0 Å². The van der Waals surface area contributed by atoms with Gasteiger partial charge in [-0.1, -0.05) is 51.4 Å². The van der Waals surface area contributed by atoms with Crippen LogP contribution in [0, 0.1) is 0 Å². The molecular formula is C21H26ClNO3. The normalized spacial score (nSPS) is 12.4. The van der Waals surface area contributed by atoms with E-state index in [0.29, 0.717) is 28.6 Å². The molecule has 0 bridgehead atoms. The van der Waals surface area contributed by atoms with Crippen molar-refractivity contribution in [3.8, 4) is 11.5 Å². The van der Waals surface area contributed by atoms with Crippen molar-refractivity contribution in [2.24, 2.45) is 0 Å². The van der Waals surface area contributed by atoms with Crippen LogP contribution in [-0.4, -0.2) is 19.1 Å². The van der Waals surface area contributed by atoms with E-state index in [9.17, 15) is 4.79 Å². The molecule has 0 spiro atoms. The van der Waals surface area contributed by atoms with Crippen LogP contribution in [0.1, 0.15) is 39.7 Å². The minimum absolute atomic E-state index is 0.0726. The van der Waals surface area contributed by atoms with E-state index in [0.717, 1.165) is 0 Å². The average molecular weight is 376 g/mol. The van der Waals surface area contributed by atoms with Crippen LogP contribution >= 0.6 is 11.6 Å². The molecule has 0 aliphatic rings. The Bertz CT molecular complexity index is 751. The summed E-state index contributed by atoms with van der Waals surface area (Å²) in [4.78, 5) is 12.6. The van der Waals surface area contributed by atoms with Crippen molar-refractivity contribution < 1.29 is 14.3 Å². The Kier molecular flexibility index (Phi) is 6.54. The molecule has 0 aliphatic carbocycles. The molecule has 0 saturated heterocycles. The molecule has 0 saturated carbocycles. The first-order valence-electron chi connectivity index (χ1n) is 8.66. The third-order valence-electron chi connectivity index (χ3n) is 4.08. The highest BCUT2D eigenvalue weighted by Crippen LogP contribution is 2.28. The molecular weight excluding hydrogens is 350 g/mol. The maximum atomic E-state index is 12.6. The van der Waals surface area contributed by atoms with E-state index in [1.165, 1.54) is 5.56 Å². The summed E-state index contributed by atoms with van der Waals surface area (Å²) in [5.74, 6) is 0.971. The van der Waals surface area contributed by atoms with E-state index in [4.69, 9.17) is 21.1 Å². The topological polar surface area (TPSA) is 47.6 Å². The zero-order valence-corrected chi connectivity index (χ0v) is 16.7. The number of amides is 1. The second-order valence-electron chi connectivity index (χ2n) is 7.12. The predicted molar refractivity (Wildman–Crippen MR) is 106 cm³/mol. The molecule has 0 aromatic heterocycles. The van der Waals surface area contributed by atoms with Gasteiger partial charge in [0, 0.05) is 5.02 Å². The number of hydrogen-bond acceptors (Lipinski definition) is 3. The fourth-order valence-electron chi connectivity index (χ4n) is 2.51. The largest absolute Gasteiger partial charge is 0.495 e. The summed E-state index contributed by atoms with van der Waals surface area (Å²) in [6, 6.07) is 12.9. The highest BCUT2D eigenvalue weighted by Gasteiger charge is 2.21. The van der Waals surface area contributed by atoms with Crippen LogP contribution in [0.2, 0.25) is 5.02 Å². The molecule has 0 aliphatic heterocycles. The van der Waals surface area contributed by atoms with Crippen LogP contribution in [0.25, 0.3) is 0 Å². The van der Waals surface area contributed by atoms with Crippen LogP contribution in [-0.2, 0) is 10.2 Å². The zero-order valence-electron chi connectivity index (χ0n) is 15.9. The van der Waals surface area contributed by atoms with Gasteiger partial charge >= 0.3 is 0 Å². The van der Waals surface area contributed by atoms with Gasteiger partial charge in [0.05, 0.1) is 12.8 Å². The first-order valence-corrected chi connectivity index (χ1v) is 9.04. The molecule has 0 fully saturated rings. The average Bonchev–Trinajstić information content (AvgIpc) is 2.59. The summed E-state index contributed by atoms with van der Waals surface area (Å²) in [6.45, 7) is 8.37. The number of carbonyl (C=O) groups excluding carboxylic acids is 1. The van der Waals surface area contributed by atoms with E-state index in [1.807, 2.05) is 31.2 Å². The van der Waals surface area contributed by atoms with Gasteiger partial charge in [0.1, 0.15) is 11.5 Å². The number of hydrogen-bond donors (Lipinski definition) is 1. The SMILES string of the molecule is CCC(Oc1ccc(C(C)(C)C)cc1)C(=O)Nc1cc(Cl)ccc1OC. The lowest BCUT2D eigenvalue weighted by Gasteiger charge is -2.21. The van der Waals surface area contributed by atoms with Gasteiger partial charge in [-0.25, -0.2) is 0 Å². The third-order valence-corrected chi connectivity index (χ3v) is 4.32. The lowest BCUT2D eigenvalue weighted by Crippen LogP contribution is -2.32. The van der Waals surface area contributed by atoms with Crippen LogP contribution < -0.4 is 14.8 Å². The van der Waals surface area contributed by atoms with Crippen molar-refractivity contribution in [2.45, 2.75) is 45.6 Å². The Labute approximate surface area is 160 Å². The second kappa shape index (κ2) is 8.45. The van der Waals surface area contributed by atoms with Gasteiger partial charge in [-0.3, -0.25) is 4.79 Å². The summed E-state index contributed by atoms with van der Waals surface area (Å²) in [7, 11) is 1.55. The monoisotopic (exact) mass is 375 g/mol. The Morgan fingerprint density at radius 3 is 2.35 bits per heavy atom. The molecule has 1 N–H and O–H groups in total. The minimum atomic E-state index is -0.612. The molecule has 2 rings (SSSR count). The Hall–Kier alpha value is -2.20. The van der Waals surface area contributed by atoms with Gasteiger partial charge in [-0.05, 0) is 47.7 Å². The molecule has 2 aromatic rings. The van der Waals surface area contributed by atoms with Gasteiger partial charge in [-0.15, -0.1) is 0 Å². The van der Waals surface area contributed by atoms with Crippen LogP contribution in [0.15, 0.2) is 42.5 Å². The van der Waals surface area contributed by atoms with Gasteiger partial charge < -0.3 is 14.8 Å². The Morgan fingerprint density at radius 1 is 1.15 bits per heavy atom. The highest BCUT2D eigenvalue weighted by molar-refractivity contribution is 6.31. The summed E-state index contributed by atoms with van der Waals surface area (Å²) >= 11 is 6.01. The second-order valence-corrected chi connectivity index (χ2v) is 7.56. The molecule has 26 heavy (non-hydrogen) atoms. The molecule has 0 radical (unpaired) electrons. The summed E-state index contributed by atoms with van der Waals surface area (Å²) in [5, 5.41) is 3.36. The fraction of sp³-hybridized carbons (Fsp3) is 0.381. The quantitative estimate of drug-likeness (QED) is 0.731. The van der Waals surface area contributed by atoms with Crippen molar-refractivity contribution in [1.82, 2.24) is 0 Å². The number of carbonyl (C=O) groups is 1. The molecule has 0 heterocycles. The molecule has 5 heteroatoms. The molecule has 1 amide bonds. The van der Waals surface area contributed by atoms with Gasteiger partial charge in [0.25, 0.3) is 5.91 Å². The maximum Gasteiger partial charge on any atom is 0.265 e. The molecule has 1 atom stereocenters. The van der Waals surface area contributed by atoms with Gasteiger partial charge in [0.2, 0.25) is 0 Å². The Morgan fingerprint density at radius 2 is 1.81 bits per heavy atom. The van der Waals surface area contributed by atoms with Crippen LogP contribution in [0.4, 0.5) is 5.69 Å². The molecule has 4 nitrogen and oxygen atoms in total. The molecule has 140 valence electrons. The first kappa shape index (κ1) is 20.1. The van der Waals surface area contributed by atoms with Crippen molar-refractivity contribution in [2.75, 3.05) is 12.4 Å². The standard InChI is InChI=1S/C21H26ClNO3/c1-6-18(26-16-10-7-14(8-11-16)21(2,3)4)20(24)23-17-13-15(22)9-12-19(17)25-5/h7-13,18H,6H2,1-5H3,(H,23,24). The number of rotatable bonds is 6. The van der Waals surface area contributed by atoms with Crippen molar-refractivity contribution >= 4 is 23.2 Å². The number of nitrogens with one attached hydrogen (secondary N) is 1. The molecule has 1 unspecified atom stereocenters. The number of ether oxygens (including phenoxy) is 2. The lowest BCUT2D eigenvalue weighted by atomic mass is 9.87.